The third-order valence-corrected chi connectivity index (χ3v) is 5.77. The van der Waals surface area contributed by atoms with E-state index in [0.717, 1.165) is 31.7 Å². The van der Waals surface area contributed by atoms with Crippen molar-refractivity contribution in [3.05, 3.63) is 89.4 Å². The molecular formula is C25H23N3O3. The minimum absolute atomic E-state index is 0.152. The number of ether oxygens (including phenoxy) is 1. The number of aromatic hydroxyl groups is 1. The molecule has 2 aromatic carbocycles. The molecule has 0 atom stereocenters. The molecule has 0 bridgehead atoms. The van der Waals surface area contributed by atoms with Gasteiger partial charge >= 0.3 is 0 Å². The Hall–Kier alpha value is -3.64. The molecule has 2 aliphatic heterocycles. The largest absolute Gasteiger partial charge is 0.507 e. The molecule has 1 aromatic heterocycles. The molecule has 5 rings (SSSR count). The molecule has 6 nitrogen and oxygen atoms in total. The molecule has 0 unspecified atom stereocenters. The molecule has 0 amide bonds. The number of benzene rings is 2. The topological polar surface area (TPSA) is 65.9 Å². The number of carbonyl (C=O) groups excluding carboxylic acids is 1. The lowest BCUT2D eigenvalue weighted by Crippen LogP contribution is -2.46. The average molecular weight is 413 g/mol. The van der Waals surface area contributed by atoms with Crippen molar-refractivity contribution >= 4 is 17.5 Å². The van der Waals surface area contributed by atoms with Crippen LogP contribution in [0.5, 0.6) is 11.5 Å². The Labute approximate surface area is 181 Å². The van der Waals surface area contributed by atoms with Gasteiger partial charge in [-0.1, -0.05) is 24.3 Å². The van der Waals surface area contributed by atoms with Crippen molar-refractivity contribution < 1.29 is 14.6 Å². The normalized spacial score (nSPS) is 17.6. The number of hydrogen-bond acceptors (Lipinski definition) is 6. The molecule has 1 N–H and O–H groups in total. The molecule has 3 heterocycles. The van der Waals surface area contributed by atoms with Gasteiger partial charge in [-0.05, 0) is 42.0 Å². The fraction of sp³-hybridized carbons (Fsp3) is 0.200. The summed E-state index contributed by atoms with van der Waals surface area (Å²) in [6, 6.07) is 17.3. The molecule has 2 aliphatic rings. The highest BCUT2D eigenvalue weighted by Crippen LogP contribution is 2.40. The number of phenols is 1. The van der Waals surface area contributed by atoms with Crippen LogP contribution in [0.3, 0.4) is 0 Å². The number of anilines is 1. The smallest absolute Gasteiger partial charge is 0.231 e. The van der Waals surface area contributed by atoms with Gasteiger partial charge in [-0.2, -0.15) is 0 Å². The van der Waals surface area contributed by atoms with E-state index in [-0.39, 0.29) is 17.3 Å². The second-order valence-electron chi connectivity index (χ2n) is 7.76. The number of phenolic OH excluding ortho intramolecular Hbond substituents is 1. The summed E-state index contributed by atoms with van der Waals surface area (Å²) in [7, 11) is 0. The highest BCUT2D eigenvalue weighted by molar-refractivity contribution is 6.14. The summed E-state index contributed by atoms with van der Waals surface area (Å²) >= 11 is 0. The number of ketones is 1. The molecule has 156 valence electrons. The standard InChI is InChI=1S/C25H23N3O3/c29-22-9-8-20-24(30)23(15-18-5-4-10-26-16-18)31-25(20)21(22)17-27-11-13-28(14-12-27)19-6-2-1-3-7-19/h1-10,15-16,29H,11-14,17H2/b23-15-. The van der Waals surface area contributed by atoms with Gasteiger partial charge in [-0.15, -0.1) is 0 Å². The van der Waals surface area contributed by atoms with Crippen LogP contribution in [0.25, 0.3) is 6.08 Å². The number of aromatic nitrogens is 1. The molecule has 0 aliphatic carbocycles. The van der Waals surface area contributed by atoms with Gasteiger partial charge in [0, 0.05) is 50.8 Å². The fourth-order valence-corrected chi connectivity index (χ4v) is 4.09. The number of para-hydroxylation sites is 1. The van der Waals surface area contributed by atoms with E-state index in [1.165, 1.54) is 5.69 Å². The summed E-state index contributed by atoms with van der Waals surface area (Å²) in [6.07, 6.45) is 5.05. The second kappa shape index (κ2) is 8.24. The monoisotopic (exact) mass is 413 g/mol. The Morgan fingerprint density at radius 2 is 1.81 bits per heavy atom. The van der Waals surface area contributed by atoms with Gasteiger partial charge < -0.3 is 14.7 Å². The van der Waals surface area contributed by atoms with Crippen molar-refractivity contribution in [2.45, 2.75) is 6.54 Å². The summed E-state index contributed by atoms with van der Waals surface area (Å²) in [6.45, 7) is 4.08. The van der Waals surface area contributed by atoms with Gasteiger partial charge in [0.05, 0.1) is 11.1 Å². The van der Waals surface area contributed by atoms with Crippen molar-refractivity contribution in [2.24, 2.45) is 0 Å². The van der Waals surface area contributed by atoms with E-state index in [1.54, 1.807) is 30.6 Å². The average Bonchev–Trinajstić information content (AvgIpc) is 3.13. The van der Waals surface area contributed by atoms with Crippen LogP contribution in [0.4, 0.5) is 5.69 Å². The van der Waals surface area contributed by atoms with Gasteiger partial charge in [-0.25, -0.2) is 0 Å². The first-order valence-corrected chi connectivity index (χ1v) is 10.4. The third kappa shape index (κ3) is 3.90. The van der Waals surface area contributed by atoms with Gasteiger partial charge in [0.2, 0.25) is 5.78 Å². The summed E-state index contributed by atoms with van der Waals surface area (Å²) in [4.78, 5) is 21.6. The lowest BCUT2D eigenvalue weighted by molar-refractivity contribution is 0.101. The van der Waals surface area contributed by atoms with Crippen molar-refractivity contribution in [1.29, 1.82) is 0 Å². The van der Waals surface area contributed by atoms with Crippen molar-refractivity contribution in [1.82, 2.24) is 9.88 Å². The lowest BCUT2D eigenvalue weighted by Gasteiger charge is -2.36. The maximum atomic E-state index is 12.8. The van der Waals surface area contributed by atoms with Crippen LogP contribution in [-0.4, -0.2) is 47.0 Å². The number of hydrogen-bond donors (Lipinski definition) is 1. The zero-order valence-electron chi connectivity index (χ0n) is 17.1. The number of pyridine rings is 1. The zero-order chi connectivity index (χ0) is 21.2. The van der Waals surface area contributed by atoms with Gasteiger partial charge in [0.25, 0.3) is 0 Å². The van der Waals surface area contributed by atoms with Crippen molar-refractivity contribution in [3.8, 4) is 11.5 Å². The number of nitrogens with zero attached hydrogens (tertiary/aromatic N) is 3. The Bertz CT molecular complexity index is 1120. The van der Waals surface area contributed by atoms with E-state index in [0.29, 0.717) is 23.4 Å². The first kappa shape index (κ1) is 19.3. The van der Waals surface area contributed by atoms with E-state index in [1.807, 2.05) is 18.2 Å². The van der Waals surface area contributed by atoms with E-state index in [2.05, 4.69) is 39.0 Å². The minimum atomic E-state index is -0.172. The van der Waals surface area contributed by atoms with Crippen LogP contribution in [0.15, 0.2) is 72.8 Å². The highest BCUT2D eigenvalue weighted by Gasteiger charge is 2.32. The number of Topliss-reactive ketones (excluding diaryl/α,β-unsaturated/α-hetero) is 1. The van der Waals surface area contributed by atoms with E-state index in [4.69, 9.17) is 4.74 Å². The quantitative estimate of drug-likeness (QED) is 0.658. The summed E-state index contributed by atoms with van der Waals surface area (Å²) in [5.74, 6) is 0.697. The third-order valence-electron chi connectivity index (χ3n) is 5.77. The lowest BCUT2D eigenvalue weighted by atomic mass is 10.0. The zero-order valence-corrected chi connectivity index (χ0v) is 17.1. The number of rotatable bonds is 4. The molecule has 1 saturated heterocycles. The Morgan fingerprint density at radius 3 is 2.55 bits per heavy atom. The predicted molar refractivity (Wildman–Crippen MR) is 119 cm³/mol. The van der Waals surface area contributed by atoms with Crippen molar-refractivity contribution in [2.75, 3.05) is 31.1 Å². The Balaban J connectivity index is 1.33. The maximum Gasteiger partial charge on any atom is 0.231 e. The summed E-state index contributed by atoms with van der Waals surface area (Å²) in [5.41, 5.74) is 3.17. The molecule has 3 aromatic rings. The predicted octanol–water partition coefficient (Wildman–Crippen LogP) is 3.73. The van der Waals surface area contributed by atoms with E-state index < -0.39 is 0 Å². The maximum absolute atomic E-state index is 12.8. The molecule has 6 heteroatoms. The van der Waals surface area contributed by atoms with E-state index >= 15 is 0 Å². The second-order valence-corrected chi connectivity index (χ2v) is 7.76. The van der Waals surface area contributed by atoms with E-state index in [9.17, 15) is 9.90 Å². The van der Waals surface area contributed by atoms with Crippen molar-refractivity contribution in [3.63, 3.8) is 0 Å². The Morgan fingerprint density at radius 1 is 1.00 bits per heavy atom. The van der Waals surface area contributed by atoms with Crippen LogP contribution in [0.1, 0.15) is 21.5 Å². The number of piperazine rings is 1. The fourth-order valence-electron chi connectivity index (χ4n) is 4.09. The SMILES string of the molecule is O=C1/C(=C/c2cccnc2)Oc2c1ccc(O)c2CN1CCN(c2ccccc2)CC1. The van der Waals surface area contributed by atoms with Crippen LogP contribution >= 0.6 is 0 Å². The molecule has 31 heavy (non-hydrogen) atoms. The summed E-state index contributed by atoms with van der Waals surface area (Å²) in [5, 5.41) is 10.5. The number of fused-ring (bicyclic) bond motifs is 1. The summed E-state index contributed by atoms with van der Waals surface area (Å²) < 4.78 is 5.95. The first-order chi connectivity index (χ1) is 15.2. The van der Waals surface area contributed by atoms with Crippen LogP contribution in [-0.2, 0) is 6.54 Å². The van der Waals surface area contributed by atoms with Crippen LogP contribution < -0.4 is 9.64 Å². The molecule has 0 saturated carbocycles. The molecular weight excluding hydrogens is 390 g/mol. The minimum Gasteiger partial charge on any atom is -0.507 e. The number of carbonyl (C=O) groups is 1. The highest BCUT2D eigenvalue weighted by atomic mass is 16.5. The molecule has 0 spiro atoms. The van der Waals surface area contributed by atoms with Crippen LogP contribution in [0, 0.1) is 0 Å². The first-order valence-electron chi connectivity index (χ1n) is 10.4. The van der Waals surface area contributed by atoms with Crippen LogP contribution in [0.2, 0.25) is 0 Å². The molecule has 1 fully saturated rings. The van der Waals surface area contributed by atoms with Gasteiger partial charge in [-0.3, -0.25) is 14.7 Å². The number of allylic oxidation sites excluding steroid dienone is 1. The van der Waals surface area contributed by atoms with Gasteiger partial charge in [0.15, 0.2) is 5.76 Å². The molecule has 0 radical (unpaired) electrons. The van der Waals surface area contributed by atoms with Gasteiger partial charge in [0.1, 0.15) is 11.5 Å². The Kier molecular flexibility index (Phi) is 5.14.